The molecule has 0 amide bonds. The number of rotatable bonds is 4. The third-order valence-electron chi connectivity index (χ3n) is 6.09. The number of hydrogen-bond acceptors (Lipinski definition) is 5. The molecule has 0 bridgehead atoms. The molecule has 1 aliphatic heterocycles. The Labute approximate surface area is 175 Å². The van der Waals surface area contributed by atoms with Crippen molar-refractivity contribution in [2.45, 2.75) is 38.9 Å². The SMILES string of the molecule is CN(C)c1cc2oc(-c3ccc(F)cc3)c(C=O)c2cc1B1OC(C)(C)C(C)(C)O1. The van der Waals surface area contributed by atoms with E-state index in [-0.39, 0.29) is 5.82 Å². The van der Waals surface area contributed by atoms with Crippen LogP contribution in [0.5, 0.6) is 0 Å². The van der Waals surface area contributed by atoms with Crippen molar-refractivity contribution in [1.29, 1.82) is 0 Å². The lowest BCUT2D eigenvalue weighted by Gasteiger charge is -2.32. The van der Waals surface area contributed by atoms with Gasteiger partial charge in [-0.3, -0.25) is 4.79 Å². The Balaban J connectivity index is 1.91. The van der Waals surface area contributed by atoms with Crippen molar-refractivity contribution < 1.29 is 22.9 Å². The molecule has 0 aliphatic carbocycles. The van der Waals surface area contributed by atoms with Crippen molar-refractivity contribution in [3.8, 4) is 11.3 Å². The summed E-state index contributed by atoms with van der Waals surface area (Å²) in [5.74, 6) is 0.0660. The van der Waals surface area contributed by atoms with Crippen LogP contribution in [0, 0.1) is 5.82 Å². The monoisotopic (exact) mass is 409 g/mol. The lowest BCUT2D eigenvalue weighted by atomic mass is 9.76. The average Bonchev–Trinajstić information content (AvgIpc) is 3.14. The van der Waals surface area contributed by atoms with Gasteiger partial charge in [0.25, 0.3) is 0 Å². The van der Waals surface area contributed by atoms with Gasteiger partial charge in [0, 0.05) is 42.3 Å². The summed E-state index contributed by atoms with van der Waals surface area (Å²) in [7, 11) is 3.28. The fourth-order valence-corrected chi connectivity index (χ4v) is 3.65. The van der Waals surface area contributed by atoms with Crippen LogP contribution in [0.25, 0.3) is 22.3 Å². The van der Waals surface area contributed by atoms with Crippen LogP contribution in [0.3, 0.4) is 0 Å². The second-order valence-electron chi connectivity index (χ2n) is 8.86. The quantitative estimate of drug-likeness (QED) is 0.472. The molecule has 4 rings (SSSR count). The van der Waals surface area contributed by atoms with E-state index in [2.05, 4.69) is 0 Å². The Morgan fingerprint density at radius 3 is 2.13 bits per heavy atom. The van der Waals surface area contributed by atoms with Crippen LogP contribution in [-0.4, -0.2) is 38.7 Å². The summed E-state index contributed by atoms with van der Waals surface area (Å²) in [4.78, 5) is 14.0. The van der Waals surface area contributed by atoms with Crippen LogP contribution in [-0.2, 0) is 9.31 Å². The summed E-state index contributed by atoms with van der Waals surface area (Å²) >= 11 is 0. The molecule has 7 heteroatoms. The van der Waals surface area contributed by atoms with Gasteiger partial charge < -0.3 is 18.6 Å². The fourth-order valence-electron chi connectivity index (χ4n) is 3.65. The highest BCUT2D eigenvalue weighted by molar-refractivity contribution is 6.64. The van der Waals surface area contributed by atoms with Gasteiger partial charge in [-0.15, -0.1) is 0 Å². The largest absolute Gasteiger partial charge is 0.496 e. The number of furan rings is 1. The van der Waals surface area contributed by atoms with E-state index in [0.717, 1.165) is 17.4 Å². The van der Waals surface area contributed by atoms with E-state index in [9.17, 15) is 9.18 Å². The molecule has 0 radical (unpaired) electrons. The molecule has 1 aromatic heterocycles. The Bertz CT molecular complexity index is 1100. The molecule has 0 N–H and O–H groups in total. The minimum Gasteiger partial charge on any atom is -0.455 e. The van der Waals surface area contributed by atoms with Crippen LogP contribution < -0.4 is 10.4 Å². The third-order valence-corrected chi connectivity index (χ3v) is 6.09. The van der Waals surface area contributed by atoms with Gasteiger partial charge in [0.15, 0.2) is 6.29 Å². The zero-order valence-electron chi connectivity index (χ0n) is 18.1. The first-order chi connectivity index (χ1) is 14.0. The van der Waals surface area contributed by atoms with Crippen molar-refractivity contribution in [2.75, 3.05) is 19.0 Å². The Morgan fingerprint density at radius 1 is 1.00 bits per heavy atom. The first kappa shape index (κ1) is 20.6. The van der Waals surface area contributed by atoms with Gasteiger partial charge in [0.2, 0.25) is 0 Å². The second-order valence-corrected chi connectivity index (χ2v) is 8.86. The molecule has 30 heavy (non-hydrogen) atoms. The minimum atomic E-state index is -0.583. The first-order valence-corrected chi connectivity index (χ1v) is 9.88. The zero-order chi connectivity index (χ0) is 21.8. The van der Waals surface area contributed by atoms with Crippen LogP contribution >= 0.6 is 0 Å². The first-order valence-electron chi connectivity index (χ1n) is 9.88. The molecule has 0 spiro atoms. The molecule has 0 saturated carbocycles. The maximum Gasteiger partial charge on any atom is 0.496 e. The number of carbonyl (C=O) groups excluding carboxylic acids is 1. The Morgan fingerprint density at radius 2 is 1.60 bits per heavy atom. The minimum absolute atomic E-state index is 0.347. The number of nitrogens with zero attached hydrogens (tertiary/aromatic N) is 1. The van der Waals surface area contributed by atoms with Crippen molar-refractivity contribution in [3.63, 3.8) is 0 Å². The predicted molar refractivity (Wildman–Crippen MR) is 117 cm³/mol. The number of anilines is 1. The van der Waals surface area contributed by atoms with Crippen molar-refractivity contribution in [1.82, 2.24) is 0 Å². The third kappa shape index (κ3) is 3.22. The van der Waals surface area contributed by atoms with Crippen LogP contribution in [0.2, 0.25) is 0 Å². The average molecular weight is 409 g/mol. The van der Waals surface area contributed by atoms with Crippen molar-refractivity contribution in [3.05, 3.63) is 47.8 Å². The van der Waals surface area contributed by atoms with Gasteiger partial charge in [-0.2, -0.15) is 0 Å². The molecular formula is C23H25BFNO4. The van der Waals surface area contributed by atoms with Gasteiger partial charge in [0.05, 0.1) is 16.8 Å². The van der Waals surface area contributed by atoms with Gasteiger partial charge in [0.1, 0.15) is 17.2 Å². The van der Waals surface area contributed by atoms with Crippen molar-refractivity contribution in [2.24, 2.45) is 0 Å². The summed E-state index contributed by atoms with van der Waals surface area (Å²) in [5.41, 5.74) is 2.34. The van der Waals surface area contributed by atoms with Crippen LogP contribution in [0.1, 0.15) is 38.1 Å². The number of benzene rings is 2. The summed E-state index contributed by atoms with van der Waals surface area (Å²) in [6, 6.07) is 9.67. The molecule has 0 atom stereocenters. The standard InChI is InChI=1S/C23H25BFNO4/c1-22(2)23(3,4)30-24(29-22)18-11-16-17(13-27)21(14-7-9-15(25)10-8-14)28-20(16)12-19(18)26(5)6/h7-13H,1-6H3. The van der Waals surface area contributed by atoms with E-state index in [1.165, 1.54) is 12.1 Å². The summed E-state index contributed by atoms with van der Waals surface area (Å²) < 4.78 is 31.9. The highest BCUT2D eigenvalue weighted by Crippen LogP contribution is 2.39. The number of hydrogen-bond donors (Lipinski definition) is 0. The van der Waals surface area contributed by atoms with E-state index in [1.54, 1.807) is 12.1 Å². The number of aldehydes is 1. The zero-order valence-corrected chi connectivity index (χ0v) is 18.1. The molecule has 156 valence electrons. The predicted octanol–water partition coefficient (Wildman–Crippen LogP) is 4.42. The van der Waals surface area contributed by atoms with E-state index in [4.69, 9.17) is 13.7 Å². The Hall–Kier alpha value is -2.64. The smallest absolute Gasteiger partial charge is 0.455 e. The molecule has 5 nitrogen and oxygen atoms in total. The maximum absolute atomic E-state index is 13.3. The molecule has 1 fully saturated rings. The number of carbonyl (C=O) groups is 1. The van der Waals surface area contributed by atoms with Crippen LogP contribution in [0.4, 0.5) is 10.1 Å². The van der Waals surface area contributed by atoms with Gasteiger partial charge >= 0.3 is 7.12 Å². The molecule has 3 aromatic rings. The lowest BCUT2D eigenvalue weighted by molar-refractivity contribution is 0.00578. The van der Waals surface area contributed by atoms with Gasteiger partial charge in [-0.05, 0) is 58.0 Å². The normalized spacial score (nSPS) is 17.5. The van der Waals surface area contributed by atoms with Crippen LogP contribution in [0.15, 0.2) is 40.8 Å². The summed E-state index contributed by atoms with van der Waals surface area (Å²) in [6.07, 6.45) is 0.772. The number of fused-ring (bicyclic) bond motifs is 1. The fraction of sp³-hybridized carbons (Fsp3) is 0.348. The molecular weight excluding hydrogens is 384 g/mol. The summed E-state index contributed by atoms with van der Waals surface area (Å²) in [5, 5.41) is 0.666. The van der Waals surface area contributed by atoms with Gasteiger partial charge in [-0.1, -0.05) is 0 Å². The van der Waals surface area contributed by atoms with E-state index >= 15 is 0 Å². The van der Waals surface area contributed by atoms with E-state index in [0.29, 0.717) is 27.9 Å². The number of halogens is 1. The Kier molecular flexibility index (Phi) is 4.79. The summed E-state index contributed by atoms with van der Waals surface area (Å²) in [6.45, 7) is 8.01. The van der Waals surface area contributed by atoms with E-state index < -0.39 is 18.3 Å². The molecule has 0 unspecified atom stereocenters. The highest BCUT2D eigenvalue weighted by Gasteiger charge is 2.52. The molecule has 1 saturated heterocycles. The van der Waals surface area contributed by atoms with Crippen molar-refractivity contribution >= 4 is 35.5 Å². The molecule has 2 heterocycles. The van der Waals surface area contributed by atoms with E-state index in [1.807, 2.05) is 58.8 Å². The topological polar surface area (TPSA) is 51.9 Å². The lowest BCUT2D eigenvalue weighted by Crippen LogP contribution is -2.41. The molecule has 2 aromatic carbocycles. The second kappa shape index (κ2) is 6.96. The maximum atomic E-state index is 13.3. The molecule has 1 aliphatic rings. The van der Waals surface area contributed by atoms with Gasteiger partial charge in [-0.25, -0.2) is 4.39 Å². The highest BCUT2D eigenvalue weighted by atomic mass is 19.1.